The number of ether oxygens (including phenoxy) is 1. The number of carbonyl (C=O) groups is 2. The molecule has 2 fully saturated rings. The topological polar surface area (TPSA) is 88.5 Å². The summed E-state index contributed by atoms with van der Waals surface area (Å²) in [6.07, 6.45) is 7.66. The van der Waals surface area contributed by atoms with E-state index in [4.69, 9.17) is 4.74 Å². The molecule has 2 aliphatic rings. The van der Waals surface area contributed by atoms with Crippen molar-refractivity contribution >= 4 is 12.0 Å². The number of nitrogens with zero attached hydrogens (tertiary/aromatic N) is 5. The van der Waals surface area contributed by atoms with Gasteiger partial charge in [-0.05, 0) is 25.0 Å². The van der Waals surface area contributed by atoms with Crippen LogP contribution in [0.5, 0.6) is 0 Å². The van der Waals surface area contributed by atoms with E-state index >= 15 is 0 Å². The Morgan fingerprint density at radius 1 is 1.23 bits per heavy atom. The smallest absolute Gasteiger partial charge is 0.410 e. The fourth-order valence-electron chi connectivity index (χ4n) is 3.54. The molecule has 1 atom stereocenters. The summed E-state index contributed by atoms with van der Waals surface area (Å²) in [4.78, 5) is 40.5. The molecule has 0 saturated carbocycles. The maximum absolute atomic E-state index is 12.8. The molecule has 8 heteroatoms. The van der Waals surface area contributed by atoms with Gasteiger partial charge in [0, 0.05) is 43.9 Å². The number of aromatic nitrogens is 3. The van der Waals surface area contributed by atoms with Crippen molar-refractivity contribution in [1.82, 2.24) is 24.8 Å². The second-order valence-electron chi connectivity index (χ2n) is 6.77. The van der Waals surface area contributed by atoms with Crippen molar-refractivity contribution < 1.29 is 14.3 Å². The van der Waals surface area contributed by atoms with Gasteiger partial charge in [-0.3, -0.25) is 9.78 Å². The number of hydrogen-bond donors (Lipinski definition) is 0. The Morgan fingerprint density at radius 3 is 2.69 bits per heavy atom. The van der Waals surface area contributed by atoms with E-state index in [1.807, 2.05) is 12.1 Å². The lowest BCUT2D eigenvalue weighted by Crippen LogP contribution is -2.52. The van der Waals surface area contributed by atoms with Crippen LogP contribution in [-0.2, 0) is 4.74 Å². The first-order valence-electron chi connectivity index (χ1n) is 8.52. The predicted octanol–water partition coefficient (Wildman–Crippen LogP) is 1.60. The zero-order valence-corrected chi connectivity index (χ0v) is 14.5. The number of likely N-dealkylation sites (N-methyl/N-ethyl adjacent to an activating group) is 1. The number of piperidine rings is 1. The van der Waals surface area contributed by atoms with Gasteiger partial charge in [-0.25, -0.2) is 14.8 Å². The molecule has 2 aliphatic heterocycles. The maximum Gasteiger partial charge on any atom is 0.410 e. The van der Waals surface area contributed by atoms with Crippen LogP contribution in [-0.4, -0.2) is 69.0 Å². The van der Waals surface area contributed by atoms with Gasteiger partial charge in [0.1, 0.15) is 5.60 Å². The fraction of sp³-hybridized carbons (Fsp3) is 0.389. The number of amides is 2. The van der Waals surface area contributed by atoms with Gasteiger partial charge >= 0.3 is 6.09 Å². The van der Waals surface area contributed by atoms with Crippen LogP contribution in [0.2, 0.25) is 0 Å². The minimum atomic E-state index is -0.601. The van der Waals surface area contributed by atoms with Gasteiger partial charge in [-0.1, -0.05) is 0 Å². The highest BCUT2D eigenvalue weighted by Crippen LogP contribution is 2.31. The molecule has 0 aliphatic carbocycles. The molecule has 2 saturated heterocycles. The van der Waals surface area contributed by atoms with Crippen molar-refractivity contribution in [3.63, 3.8) is 0 Å². The molecule has 4 heterocycles. The monoisotopic (exact) mass is 353 g/mol. The van der Waals surface area contributed by atoms with Crippen molar-refractivity contribution in [2.24, 2.45) is 0 Å². The molecule has 0 N–H and O–H groups in total. The summed E-state index contributed by atoms with van der Waals surface area (Å²) in [7, 11) is 1.71. The second-order valence-corrected chi connectivity index (χ2v) is 6.77. The highest BCUT2D eigenvalue weighted by atomic mass is 16.6. The largest absolute Gasteiger partial charge is 0.439 e. The zero-order valence-electron chi connectivity index (χ0n) is 14.5. The first-order chi connectivity index (χ1) is 12.6. The lowest BCUT2D eigenvalue weighted by atomic mass is 9.92. The van der Waals surface area contributed by atoms with E-state index in [9.17, 15) is 9.59 Å². The number of pyridine rings is 1. The van der Waals surface area contributed by atoms with Gasteiger partial charge in [0.2, 0.25) is 0 Å². The average Bonchev–Trinajstić information content (AvgIpc) is 2.94. The first kappa shape index (κ1) is 16.4. The van der Waals surface area contributed by atoms with E-state index in [0.717, 1.165) is 18.4 Å². The van der Waals surface area contributed by atoms with Crippen LogP contribution in [0.3, 0.4) is 0 Å². The summed E-state index contributed by atoms with van der Waals surface area (Å²) in [5, 5.41) is 0. The molecule has 0 radical (unpaired) electrons. The molecule has 8 nitrogen and oxygen atoms in total. The van der Waals surface area contributed by atoms with E-state index in [2.05, 4.69) is 15.0 Å². The van der Waals surface area contributed by atoms with Gasteiger partial charge in [-0.15, -0.1) is 0 Å². The molecular weight excluding hydrogens is 334 g/mol. The third kappa shape index (κ3) is 2.98. The SMILES string of the molecule is CN1C[C@@]2(CCCN(C(=O)c3cnc(-c4cccnc4)nc3)C2)OC1=O. The predicted molar refractivity (Wildman–Crippen MR) is 92.2 cm³/mol. The summed E-state index contributed by atoms with van der Waals surface area (Å²) in [5.41, 5.74) is 0.618. The van der Waals surface area contributed by atoms with E-state index in [1.54, 1.807) is 29.2 Å². The van der Waals surface area contributed by atoms with Crippen molar-refractivity contribution in [3.05, 3.63) is 42.5 Å². The number of hydrogen-bond acceptors (Lipinski definition) is 6. The molecule has 134 valence electrons. The van der Waals surface area contributed by atoms with Crippen molar-refractivity contribution in [2.45, 2.75) is 18.4 Å². The summed E-state index contributed by atoms with van der Waals surface area (Å²) < 4.78 is 5.55. The van der Waals surface area contributed by atoms with Crippen LogP contribution in [0.4, 0.5) is 4.79 Å². The van der Waals surface area contributed by atoms with Crippen molar-refractivity contribution in [1.29, 1.82) is 0 Å². The third-order valence-electron chi connectivity index (χ3n) is 4.79. The fourth-order valence-corrected chi connectivity index (χ4v) is 3.54. The third-order valence-corrected chi connectivity index (χ3v) is 4.79. The molecule has 2 aromatic heterocycles. The molecule has 2 amide bonds. The molecular formula is C18H19N5O3. The molecule has 4 rings (SSSR count). The van der Waals surface area contributed by atoms with Crippen molar-refractivity contribution in [3.8, 4) is 11.4 Å². The van der Waals surface area contributed by atoms with Crippen LogP contribution in [0, 0.1) is 0 Å². The van der Waals surface area contributed by atoms with Gasteiger partial charge < -0.3 is 14.5 Å². The quantitative estimate of drug-likeness (QED) is 0.815. The van der Waals surface area contributed by atoms with E-state index < -0.39 is 5.60 Å². The summed E-state index contributed by atoms with van der Waals surface area (Å²) >= 11 is 0. The lowest BCUT2D eigenvalue weighted by molar-refractivity contribution is -0.00524. The van der Waals surface area contributed by atoms with Gasteiger partial charge in [0.05, 0.1) is 18.7 Å². The van der Waals surface area contributed by atoms with Crippen LogP contribution < -0.4 is 0 Å². The average molecular weight is 353 g/mol. The van der Waals surface area contributed by atoms with Crippen LogP contribution in [0.25, 0.3) is 11.4 Å². The Bertz CT molecular complexity index is 826. The minimum absolute atomic E-state index is 0.146. The normalized spacial score (nSPS) is 22.6. The van der Waals surface area contributed by atoms with E-state index in [-0.39, 0.29) is 12.0 Å². The standard InChI is InChI=1S/C18H19N5O3/c1-22-11-18(26-17(22)25)5-3-7-23(12-18)16(24)14-9-20-15(21-10-14)13-4-2-6-19-8-13/h2,4,6,8-10H,3,5,7,11-12H2,1H3/t18-/m1/s1. The first-order valence-corrected chi connectivity index (χ1v) is 8.52. The highest BCUT2D eigenvalue weighted by molar-refractivity contribution is 5.94. The second kappa shape index (κ2) is 6.36. The Kier molecular flexibility index (Phi) is 4.02. The highest BCUT2D eigenvalue weighted by Gasteiger charge is 2.47. The summed E-state index contributed by atoms with van der Waals surface area (Å²) in [6, 6.07) is 3.67. The molecule has 0 unspecified atom stereocenters. The molecule has 2 aromatic rings. The van der Waals surface area contributed by atoms with E-state index in [0.29, 0.717) is 31.0 Å². The molecule has 0 bridgehead atoms. The summed E-state index contributed by atoms with van der Waals surface area (Å²) in [6.45, 7) is 1.53. The number of carbonyl (C=O) groups excluding carboxylic acids is 2. The maximum atomic E-state index is 12.8. The Labute approximate surface area is 150 Å². The van der Waals surface area contributed by atoms with E-state index in [1.165, 1.54) is 12.4 Å². The Balaban J connectivity index is 1.50. The van der Waals surface area contributed by atoms with Gasteiger partial charge in [-0.2, -0.15) is 0 Å². The molecule has 0 aromatic carbocycles. The summed E-state index contributed by atoms with van der Waals surface area (Å²) in [5.74, 6) is 0.378. The van der Waals surface area contributed by atoms with Crippen LogP contribution in [0.15, 0.2) is 36.9 Å². The van der Waals surface area contributed by atoms with Crippen LogP contribution >= 0.6 is 0 Å². The molecule has 26 heavy (non-hydrogen) atoms. The van der Waals surface area contributed by atoms with Crippen LogP contribution in [0.1, 0.15) is 23.2 Å². The lowest BCUT2D eigenvalue weighted by Gasteiger charge is -2.38. The minimum Gasteiger partial charge on any atom is -0.439 e. The van der Waals surface area contributed by atoms with Gasteiger partial charge in [0.25, 0.3) is 5.91 Å². The zero-order chi connectivity index (χ0) is 18.1. The number of rotatable bonds is 2. The van der Waals surface area contributed by atoms with Gasteiger partial charge in [0.15, 0.2) is 5.82 Å². The Hall–Kier alpha value is -3.03. The Morgan fingerprint density at radius 2 is 2.04 bits per heavy atom. The number of likely N-dealkylation sites (tertiary alicyclic amines) is 1. The van der Waals surface area contributed by atoms with Crippen molar-refractivity contribution in [2.75, 3.05) is 26.7 Å². The molecule has 1 spiro atoms.